The van der Waals surface area contributed by atoms with Crippen molar-refractivity contribution in [1.29, 1.82) is 0 Å². The van der Waals surface area contributed by atoms with E-state index in [1.807, 2.05) is 0 Å². The summed E-state index contributed by atoms with van der Waals surface area (Å²) < 4.78 is 0. The van der Waals surface area contributed by atoms with Crippen molar-refractivity contribution in [3.63, 3.8) is 0 Å². The van der Waals surface area contributed by atoms with Crippen LogP contribution in [0.4, 0.5) is 0 Å². The maximum absolute atomic E-state index is 12.0. The third-order valence-electron chi connectivity index (χ3n) is 7.16. The Hall–Kier alpha value is -1.89. The van der Waals surface area contributed by atoms with E-state index < -0.39 is 0 Å². The second-order valence-corrected chi connectivity index (χ2v) is 8.69. The Morgan fingerprint density at radius 3 is 1.74 bits per heavy atom. The maximum Gasteiger partial charge on any atom is 0.150 e. The van der Waals surface area contributed by atoms with E-state index in [2.05, 4.69) is 45.9 Å². The standard InChI is InChI=1S/C26H32O/c1-5-17-9-20-12-26(13-21(20)10-18(17)6-2)14-22-11-19(7-3)23(8-4)25(16-27)24(22)15-26/h9-11,16H,5-8,12-15H2,1-4H3. The summed E-state index contributed by atoms with van der Waals surface area (Å²) in [6, 6.07) is 7.40. The molecule has 0 fully saturated rings. The molecule has 0 bridgehead atoms. The van der Waals surface area contributed by atoms with Gasteiger partial charge in [0.1, 0.15) is 0 Å². The monoisotopic (exact) mass is 360 g/mol. The molecule has 1 nitrogen and oxygen atoms in total. The summed E-state index contributed by atoms with van der Waals surface area (Å²) in [5.41, 5.74) is 13.0. The molecule has 2 aromatic carbocycles. The Morgan fingerprint density at radius 1 is 0.741 bits per heavy atom. The van der Waals surface area contributed by atoms with Crippen LogP contribution in [0.3, 0.4) is 0 Å². The molecule has 1 spiro atoms. The number of carbonyl (C=O) groups excluding carboxylic acids is 1. The molecule has 2 aromatic rings. The largest absolute Gasteiger partial charge is 0.298 e. The van der Waals surface area contributed by atoms with Gasteiger partial charge in [-0.05, 0) is 101 Å². The van der Waals surface area contributed by atoms with Crippen molar-refractivity contribution in [3.05, 3.63) is 68.3 Å². The zero-order valence-electron chi connectivity index (χ0n) is 17.4. The SMILES string of the molecule is CCc1cc2c(cc1CC)CC1(C2)Cc2cc(CC)c(CC)c(C=O)c2C1. The van der Waals surface area contributed by atoms with Crippen LogP contribution in [0.2, 0.25) is 0 Å². The van der Waals surface area contributed by atoms with Crippen LogP contribution in [0, 0.1) is 5.41 Å². The molecule has 0 aliphatic heterocycles. The van der Waals surface area contributed by atoms with Gasteiger partial charge in [-0.15, -0.1) is 0 Å². The van der Waals surface area contributed by atoms with Crippen molar-refractivity contribution >= 4 is 6.29 Å². The number of hydrogen-bond donors (Lipinski definition) is 0. The van der Waals surface area contributed by atoms with Crippen molar-refractivity contribution in [2.24, 2.45) is 5.41 Å². The van der Waals surface area contributed by atoms with Gasteiger partial charge in [-0.25, -0.2) is 0 Å². The third kappa shape index (κ3) is 2.87. The topological polar surface area (TPSA) is 17.1 Å². The fourth-order valence-electron chi connectivity index (χ4n) is 5.90. The van der Waals surface area contributed by atoms with Crippen molar-refractivity contribution in [3.8, 4) is 0 Å². The molecule has 0 saturated heterocycles. The van der Waals surface area contributed by atoms with Gasteiger partial charge in [-0.2, -0.15) is 0 Å². The molecule has 1 heteroatoms. The maximum atomic E-state index is 12.0. The third-order valence-corrected chi connectivity index (χ3v) is 7.16. The predicted molar refractivity (Wildman–Crippen MR) is 113 cm³/mol. The highest BCUT2D eigenvalue weighted by Gasteiger charge is 2.43. The van der Waals surface area contributed by atoms with Crippen LogP contribution >= 0.6 is 0 Å². The number of rotatable bonds is 5. The molecule has 4 rings (SSSR count). The average molecular weight is 361 g/mol. The molecule has 2 aliphatic carbocycles. The zero-order valence-corrected chi connectivity index (χ0v) is 17.4. The highest BCUT2D eigenvalue weighted by molar-refractivity contribution is 5.82. The first-order chi connectivity index (χ1) is 13.1. The Labute approximate surface area is 164 Å². The van der Waals surface area contributed by atoms with Gasteiger partial charge in [-0.1, -0.05) is 45.9 Å². The number of aryl methyl sites for hydroxylation is 3. The van der Waals surface area contributed by atoms with Crippen LogP contribution in [0.5, 0.6) is 0 Å². The second kappa shape index (κ2) is 6.93. The van der Waals surface area contributed by atoms with Crippen LogP contribution in [-0.4, -0.2) is 6.29 Å². The molecular formula is C26H32O. The van der Waals surface area contributed by atoms with E-state index in [1.54, 1.807) is 11.1 Å². The van der Waals surface area contributed by atoms with Gasteiger partial charge in [0.25, 0.3) is 0 Å². The van der Waals surface area contributed by atoms with Gasteiger partial charge in [0, 0.05) is 5.56 Å². The zero-order chi connectivity index (χ0) is 19.2. The minimum atomic E-state index is 0.303. The molecule has 0 atom stereocenters. The number of carbonyl (C=O) groups is 1. The Morgan fingerprint density at radius 2 is 1.26 bits per heavy atom. The van der Waals surface area contributed by atoms with E-state index in [-0.39, 0.29) is 0 Å². The van der Waals surface area contributed by atoms with Gasteiger partial charge >= 0.3 is 0 Å². The number of aldehydes is 1. The lowest BCUT2D eigenvalue weighted by atomic mass is 9.81. The molecule has 27 heavy (non-hydrogen) atoms. The molecule has 0 unspecified atom stereocenters. The Kier molecular flexibility index (Phi) is 4.74. The summed E-state index contributed by atoms with van der Waals surface area (Å²) in [6.07, 6.45) is 9.93. The van der Waals surface area contributed by atoms with Gasteiger partial charge in [0.05, 0.1) is 0 Å². The molecule has 0 aromatic heterocycles. The molecule has 0 amide bonds. The van der Waals surface area contributed by atoms with Crippen LogP contribution in [-0.2, 0) is 51.4 Å². The van der Waals surface area contributed by atoms with Crippen molar-refractivity contribution in [2.45, 2.75) is 79.1 Å². The first-order valence-corrected chi connectivity index (χ1v) is 10.8. The normalized spacial score (nSPS) is 16.6. The molecule has 2 aliphatic rings. The van der Waals surface area contributed by atoms with Gasteiger partial charge < -0.3 is 0 Å². The highest BCUT2D eigenvalue weighted by atomic mass is 16.1. The Bertz CT molecular complexity index is 870. The summed E-state index contributed by atoms with van der Waals surface area (Å²) in [7, 11) is 0. The van der Waals surface area contributed by atoms with E-state index >= 15 is 0 Å². The lowest BCUT2D eigenvalue weighted by Crippen LogP contribution is -2.21. The first-order valence-electron chi connectivity index (χ1n) is 10.8. The fraction of sp³-hybridized carbons (Fsp3) is 0.500. The van der Waals surface area contributed by atoms with Crippen LogP contribution < -0.4 is 0 Å². The number of fused-ring (bicyclic) bond motifs is 2. The number of hydrogen-bond acceptors (Lipinski definition) is 1. The minimum absolute atomic E-state index is 0.303. The van der Waals surface area contributed by atoms with Crippen molar-refractivity contribution < 1.29 is 4.79 Å². The van der Waals surface area contributed by atoms with E-state index in [0.717, 1.165) is 50.4 Å². The smallest absolute Gasteiger partial charge is 0.150 e. The highest BCUT2D eigenvalue weighted by Crippen LogP contribution is 2.49. The fourth-order valence-corrected chi connectivity index (χ4v) is 5.90. The summed E-state index contributed by atoms with van der Waals surface area (Å²) in [5, 5.41) is 0. The van der Waals surface area contributed by atoms with Crippen LogP contribution in [0.1, 0.15) is 82.6 Å². The summed E-state index contributed by atoms with van der Waals surface area (Å²) >= 11 is 0. The van der Waals surface area contributed by atoms with Crippen LogP contribution in [0.15, 0.2) is 18.2 Å². The number of benzene rings is 2. The lowest BCUT2D eigenvalue weighted by molar-refractivity contribution is 0.112. The van der Waals surface area contributed by atoms with Crippen molar-refractivity contribution in [2.75, 3.05) is 0 Å². The first kappa shape index (κ1) is 18.5. The summed E-state index contributed by atoms with van der Waals surface area (Å²) in [4.78, 5) is 12.0. The average Bonchev–Trinajstić information content (AvgIpc) is 3.22. The predicted octanol–water partition coefficient (Wildman–Crippen LogP) is 5.63. The van der Waals surface area contributed by atoms with Gasteiger partial charge in [-0.3, -0.25) is 4.79 Å². The van der Waals surface area contributed by atoms with E-state index in [9.17, 15) is 4.79 Å². The summed E-state index contributed by atoms with van der Waals surface area (Å²) in [6.45, 7) is 8.94. The molecule has 0 N–H and O–H groups in total. The molecule has 0 heterocycles. The second-order valence-electron chi connectivity index (χ2n) is 8.69. The van der Waals surface area contributed by atoms with E-state index in [1.165, 1.54) is 46.2 Å². The lowest BCUT2D eigenvalue weighted by Gasteiger charge is -2.22. The minimum Gasteiger partial charge on any atom is -0.298 e. The molecule has 0 saturated carbocycles. The van der Waals surface area contributed by atoms with E-state index in [0.29, 0.717) is 5.41 Å². The summed E-state index contributed by atoms with van der Waals surface area (Å²) in [5.74, 6) is 0. The Balaban J connectivity index is 1.74. The molecular weight excluding hydrogens is 328 g/mol. The van der Waals surface area contributed by atoms with Gasteiger partial charge in [0.15, 0.2) is 6.29 Å². The molecule has 142 valence electrons. The van der Waals surface area contributed by atoms with Gasteiger partial charge in [0.2, 0.25) is 0 Å². The van der Waals surface area contributed by atoms with Crippen molar-refractivity contribution in [1.82, 2.24) is 0 Å². The molecule has 0 radical (unpaired) electrons. The quantitative estimate of drug-likeness (QED) is 0.631. The van der Waals surface area contributed by atoms with E-state index in [4.69, 9.17) is 0 Å². The van der Waals surface area contributed by atoms with Crippen LogP contribution in [0.25, 0.3) is 0 Å².